The first kappa shape index (κ1) is 12.4. The van der Waals surface area contributed by atoms with Crippen LogP contribution in [0.3, 0.4) is 0 Å². The molecule has 3 nitrogen and oxygen atoms in total. The number of benzene rings is 1. The number of hydrogen-bond acceptors (Lipinski definition) is 3. The van der Waals surface area contributed by atoms with Crippen LogP contribution in [0.5, 0.6) is 5.75 Å². The topological polar surface area (TPSA) is 38.5 Å². The maximum absolute atomic E-state index is 5.70. The lowest BCUT2D eigenvalue weighted by Gasteiger charge is -2.31. The summed E-state index contributed by atoms with van der Waals surface area (Å²) >= 11 is 0. The highest BCUT2D eigenvalue weighted by molar-refractivity contribution is 5.20. The Morgan fingerprint density at radius 3 is 2.53 bits per heavy atom. The average molecular weight is 234 g/mol. The molecule has 0 amide bonds. The largest absolute Gasteiger partial charge is 0.492 e. The SMILES string of the molecule is NCC1CCN(CCOc2ccccc2)CC1. The van der Waals surface area contributed by atoms with Gasteiger partial charge in [-0.1, -0.05) is 18.2 Å². The van der Waals surface area contributed by atoms with Gasteiger partial charge in [-0.15, -0.1) is 0 Å². The molecule has 3 heteroatoms. The van der Waals surface area contributed by atoms with Crippen LogP contribution in [0, 0.1) is 5.92 Å². The van der Waals surface area contributed by atoms with E-state index < -0.39 is 0 Å². The first-order valence-electron chi connectivity index (χ1n) is 6.49. The maximum atomic E-state index is 5.70. The Hall–Kier alpha value is -1.06. The molecule has 0 unspecified atom stereocenters. The van der Waals surface area contributed by atoms with Crippen molar-refractivity contribution in [1.82, 2.24) is 4.90 Å². The Morgan fingerprint density at radius 2 is 1.88 bits per heavy atom. The lowest BCUT2D eigenvalue weighted by atomic mass is 9.97. The second-order valence-corrected chi connectivity index (χ2v) is 4.68. The lowest BCUT2D eigenvalue weighted by molar-refractivity contribution is 0.157. The third-order valence-electron chi connectivity index (χ3n) is 3.46. The molecule has 1 aromatic rings. The van der Waals surface area contributed by atoms with Gasteiger partial charge in [0.25, 0.3) is 0 Å². The number of ether oxygens (including phenoxy) is 1. The fourth-order valence-corrected chi connectivity index (χ4v) is 2.26. The van der Waals surface area contributed by atoms with Gasteiger partial charge in [0.2, 0.25) is 0 Å². The minimum Gasteiger partial charge on any atom is -0.492 e. The highest BCUT2D eigenvalue weighted by Gasteiger charge is 2.17. The summed E-state index contributed by atoms with van der Waals surface area (Å²) in [7, 11) is 0. The van der Waals surface area contributed by atoms with E-state index in [0.29, 0.717) is 0 Å². The summed E-state index contributed by atoms with van der Waals surface area (Å²) in [6.45, 7) is 4.97. The van der Waals surface area contributed by atoms with Gasteiger partial charge >= 0.3 is 0 Å². The second kappa shape index (κ2) is 6.62. The van der Waals surface area contributed by atoms with Crippen LogP contribution in [0.2, 0.25) is 0 Å². The quantitative estimate of drug-likeness (QED) is 0.843. The Kier molecular flexibility index (Phi) is 4.83. The molecule has 1 aromatic carbocycles. The van der Waals surface area contributed by atoms with E-state index in [0.717, 1.165) is 31.4 Å². The fraction of sp³-hybridized carbons (Fsp3) is 0.571. The van der Waals surface area contributed by atoms with Gasteiger partial charge in [0, 0.05) is 6.54 Å². The number of hydrogen-bond donors (Lipinski definition) is 1. The smallest absolute Gasteiger partial charge is 0.119 e. The monoisotopic (exact) mass is 234 g/mol. The lowest BCUT2D eigenvalue weighted by Crippen LogP contribution is -2.38. The molecule has 1 aliphatic rings. The number of likely N-dealkylation sites (tertiary alicyclic amines) is 1. The molecule has 1 fully saturated rings. The molecule has 17 heavy (non-hydrogen) atoms. The Balaban J connectivity index is 1.63. The standard InChI is InChI=1S/C14H22N2O/c15-12-13-6-8-16(9-7-13)10-11-17-14-4-2-1-3-5-14/h1-5,13H,6-12,15H2. The number of piperidine rings is 1. The molecule has 0 aromatic heterocycles. The summed E-state index contributed by atoms with van der Waals surface area (Å²) in [5.41, 5.74) is 5.68. The summed E-state index contributed by atoms with van der Waals surface area (Å²) in [5.74, 6) is 1.70. The Bertz CT molecular complexity index is 307. The summed E-state index contributed by atoms with van der Waals surface area (Å²) in [4.78, 5) is 2.47. The van der Waals surface area contributed by atoms with E-state index >= 15 is 0 Å². The van der Waals surface area contributed by atoms with Gasteiger partial charge in [-0.25, -0.2) is 0 Å². The van der Waals surface area contributed by atoms with Crippen LogP contribution in [-0.2, 0) is 0 Å². The summed E-state index contributed by atoms with van der Waals surface area (Å²) in [6, 6.07) is 10.0. The molecule has 0 radical (unpaired) electrons. The van der Waals surface area contributed by atoms with Crippen LogP contribution in [0.15, 0.2) is 30.3 Å². The van der Waals surface area contributed by atoms with Crippen LogP contribution in [0.25, 0.3) is 0 Å². The minimum atomic E-state index is 0.737. The molecule has 1 aliphatic heterocycles. The summed E-state index contributed by atoms with van der Waals surface area (Å²) in [5, 5.41) is 0. The van der Waals surface area contributed by atoms with Crippen molar-refractivity contribution < 1.29 is 4.74 Å². The van der Waals surface area contributed by atoms with E-state index in [1.165, 1.54) is 25.9 Å². The van der Waals surface area contributed by atoms with Crippen molar-refractivity contribution in [2.24, 2.45) is 11.7 Å². The number of nitrogens with two attached hydrogens (primary N) is 1. The molecule has 1 saturated heterocycles. The highest BCUT2D eigenvalue weighted by Crippen LogP contribution is 2.15. The van der Waals surface area contributed by atoms with Crippen molar-refractivity contribution >= 4 is 0 Å². The third kappa shape index (κ3) is 4.02. The normalized spacial score (nSPS) is 18.2. The van der Waals surface area contributed by atoms with Crippen molar-refractivity contribution in [3.63, 3.8) is 0 Å². The zero-order chi connectivity index (χ0) is 11.9. The number of nitrogens with zero attached hydrogens (tertiary/aromatic N) is 1. The van der Waals surface area contributed by atoms with Crippen molar-refractivity contribution in [3.05, 3.63) is 30.3 Å². The molecule has 0 spiro atoms. The minimum absolute atomic E-state index is 0.737. The highest BCUT2D eigenvalue weighted by atomic mass is 16.5. The van der Waals surface area contributed by atoms with E-state index in [1.54, 1.807) is 0 Å². The molecule has 0 atom stereocenters. The average Bonchev–Trinajstić information content (AvgIpc) is 2.41. The van der Waals surface area contributed by atoms with Gasteiger partial charge in [-0.3, -0.25) is 4.90 Å². The molecule has 2 rings (SSSR count). The van der Waals surface area contributed by atoms with Gasteiger partial charge in [0.05, 0.1) is 0 Å². The zero-order valence-corrected chi connectivity index (χ0v) is 10.3. The van der Waals surface area contributed by atoms with Crippen LogP contribution in [0.4, 0.5) is 0 Å². The number of rotatable bonds is 5. The van der Waals surface area contributed by atoms with Gasteiger partial charge in [-0.05, 0) is 50.5 Å². The van der Waals surface area contributed by atoms with Crippen LogP contribution in [-0.4, -0.2) is 37.7 Å². The van der Waals surface area contributed by atoms with Crippen molar-refractivity contribution in [2.45, 2.75) is 12.8 Å². The molecule has 94 valence electrons. The van der Waals surface area contributed by atoms with E-state index in [2.05, 4.69) is 4.90 Å². The van der Waals surface area contributed by atoms with Crippen molar-refractivity contribution in [3.8, 4) is 5.75 Å². The molecular weight excluding hydrogens is 212 g/mol. The summed E-state index contributed by atoms with van der Waals surface area (Å²) < 4.78 is 5.70. The van der Waals surface area contributed by atoms with E-state index in [1.807, 2.05) is 30.3 Å². The van der Waals surface area contributed by atoms with Crippen LogP contribution in [0.1, 0.15) is 12.8 Å². The second-order valence-electron chi connectivity index (χ2n) is 4.68. The first-order chi connectivity index (χ1) is 8.38. The van der Waals surface area contributed by atoms with Crippen molar-refractivity contribution in [1.29, 1.82) is 0 Å². The third-order valence-corrected chi connectivity index (χ3v) is 3.46. The molecule has 2 N–H and O–H groups in total. The predicted octanol–water partition coefficient (Wildman–Crippen LogP) is 1.74. The van der Waals surface area contributed by atoms with Gasteiger partial charge in [-0.2, -0.15) is 0 Å². The molecule has 0 aliphatic carbocycles. The maximum Gasteiger partial charge on any atom is 0.119 e. The Morgan fingerprint density at radius 1 is 1.18 bits per heavy atom. The molecule has 0 bridgehead atoms. The van der Waals surface area contributed by atoms with Crippen molar-refractivity contribution in [2.75, 3.05) is 32.8 Å². The van der Waals surface area contributed by atoms with Gasteiger partial charge in [0.15, 0.2) is 0 Å². The van der Waals surface area contributed by atoms with Crippen LogP contribution < -0.4 is 10.5 Å². The Labute approximate surface area is 104 Å². The molecular formula is C14H22N2O. The molecule has 1 heterocycles. The van der Waals surface area contributed by atoms with Gasteiger partial charge < -0.3 is 10.5 Å². The van der Waals surface area contributed by atoms with Gasteiger partial charge in [0.1, 0.15) is 12.4 Å². The predicted molar refractivity (Wildman–Crippen MR) is 70.2 cm³/mol. The zero-order valence-electron chi connectivity index (χ0n) is 10.3. The summed E-state index contributed by atoms with van der Waals surface area (Å²) in [6.07, 6.45) is 2.48. The van der Waals surface area contributed by atoms with E-state index in [-0.39, 0.29) is 0 Å². The number of para-hydroxylation sites is 1. The molecule has 0 saturated carbocycles. The van der Waals surface area contributed by atoms with Crippen LogP contribution >= 0.6 is 0 Å². The first-order valence-corrected chi connectivity index (χ1v) is 6.49. The fourth-order valence-electron chi connectivity index (χ4n) is 2.26. The van der Waals surface area contributed by atoms with E-state index in [4.69, 9.17) is 10.5 Å². The van der Waals surface area contributed by atoms with E-state index in [9.17, 15) is 0 Å².